The first-order chi connectivity index (χ1) is 12.0. The van der Waals surface area contributed by atoms with Crippen molar-refractivity contribution in [2.75, 3.05) is 32.2 Å². The molecule has 0 bridgehead atoms. The number of nitrogens with zero attached hydrogens (tertiary/aromatic N) is 1. The minimum absolute atomic E-state index is 0.0194. The van der Waals surface area contributed by atoms with Gasteiger partial charge in [0.05, 0.1) is 23.9 Å². The van der Waals surface area contributed by atoms with Crippen molar-refractivity contribution in [3.63, 3.8) is 0 Å². The lowest BCUT2D eigenvalue weighted by atomic mass is 9.99. The fraction of sp³-hybridized carbons (Fsp3) is 0.350. The molecule has 0 spiro atoms. The largest absolute Gasteiger partial charge is 0.376 e. The third-order valence-electron chi connectivity index (χ3n) is 4.15. The number of Topliss-reactive ketones (excluding diaryl/α,β-unsaturated/α-hetero) is 1. The van der Waals surface area contributed by atoms with E-state index in [2.05, 4.69) is 0 Å². The second-order valence-corrected chi connectivity index (χ2v) is 6.80. The maximum atomic E-state index is 12.8. The number of benzene rings is 2. The Bertz CT molecular complexity index is 729. The van der Waals surface area contributed by atoms with Gasteiger partial charge < -0.3 is 14.4 Å². The smallest absolute Gasteiger partial charge is 0.191 e. The lowest BCUT2D eigenvalue weighted by molar-refractivity contribution is 0.0356. The van der Waals surface area contributed by atoms with Crippen LogP contribution >= 0.6 is 11.6 Å². The molecule has 1 saturated heterocycles. The Morgan fingerprint density at radius 3 is 2.60 bits per heavy atom. The van der Waals surface area contributed by atoms with Gasteiger partial charge in [-0.1, -0.05) is 48.0 Å². The minimum Gasteiger partial charge on any atom is -0.376 e. The quantitative estimate of drug-likeness (QED) is 0.533. The number of halogens is 1. The summed E-state index contributed by atoms with van der Waals surface area (Å²) in [6.45, 7) is 1.14. The molecule has 2 aromatic carbocycles. The Morgan fingerprint density at radius 1 is 1.28 bits per heavy atom. The van der Waals surface area contributed by atoms with Gasteiger partial charge in [0, 0.05) is 26.1 Å². The van der Waals surface area contributed by atoms with Crippen LogP contribution in [0.2, 0.25) is 5.02 Å². The summed E-state index contributed by atoms with van der Waals surface area (Å²) in [5.41, 5.74) is 2.57. The minimum atomic E-state index is -0.548. The van der Waals surface area contributed by atoms with E-state index in [9.17, 15) is 4.79 Å². The first-order valence-corrected chi connectivity index (χ1v) is 8.70. The molecular formula is C20H22ClNO3. The Balaban J connectivity index is 1.77. The number of carbonyl (C=O) groups is 1. The van der Waals surface area contributed by atoms with E-state index < -0.39 is 6.10 Å². The Morgan fingerprint density at radius 2 is 2.00 bits per heavy atom. The summed E-state index contributed by atoms with van der Waals surface area (Å²) >= 11 is 6.35. The summed E-state index contributed by atoms with van der Waals surface area (Å²) < 4.78 is 11.1. The average Bonchev–Trinajstić information content (AvgIpc) is 3.43. The molecule has 1 heterocycles. The zero-order valence-electron chi connectivity index (χ0n) is 14.4. The number of epoxide rings is 1. The van der Waals surface area contributed by atoms with E-state index in [-0.39, 0.29) is 11.9 Å². The summed E-state index contributed by atoms with van der Waals surface area (Å²) in [6, 6.07) is 15.1. The Hall–Kier alpha value is -1.88. The zero-order chi connectivity index (χ0) is 17.8. The van der Waals surface area contributed by atoms with E-state index in [1.165, 1.54) is 0 Å². The van der Waals surface area contributed by atoms with Gasteiger partial charge in [-0.25, -0.2) is 0 Å². The average molecular weight is 360 g/mol. The van der Waals surface area contributed by atoms with Gasteiger partial charge in [0.2, 0.25) is 0 Å². The van der Waals surface area contributed by atoms with E-state index >= 15 is 0 Å². The molecule has 2 atom stereocenters. The Labute approximate surface area is 153 Å². The van der Waals surface area contributed by atoms with Gasteiger partial charge in [0.1, 0.15) is 12.2 Å². The first kappa shape index (κ1) is 17.9. The number of carbonyl (C=O) groups excluding carboxylic acids is 1. The molecule has 1 aliphatic heterocycles. The molecule has 3 rings (SSSR count). The van der Waals surface area contributed by atoms with Crippen LogP contribution in [0.1, 0.15) is 15.9 Å². The van der Waals surface area contributed by atoms with Crippen LogP contribution in [0.25, 0.3) is 0 Å². The van der Waals surface area contributed by atoms with Crippen molar-refractivity contribution in [1.29, 1.82) is 0 Å². The summed E-state index contributed by atoms with van der Waals surface area (Å²) in [4.78, 5) is 14.8. The third-order valence-corrected chi connectivity index (χ3v) is 4.45. The van der Waals surface area contributed by atoms with E-state index in [0.717, 1.165) is 11.3 Å². The summed E-state index contributed by atoms with van der Waals surface area (Å²) in [5.74, 6) is -0.0194. The van der Waals surface area contributed by atoms with Gasteiger partial charge in [-0.2, -0.15) is 0 Å². The third kappa shape index (κ3) is 4.82. The number of ketones is 1. The van der Waals surface area contributed by atoms with Gasteiger partial charge in [0.15, 0.2) is 5.78 Å². The molecule has 0 amide bonds. The van der Waals surface area contributed by atoms with Gasteiger partial charge in [-0.3, -0.25) is 4.79 Å². The molecule has 2 aromatic rings. The summed E-state index contributed by atoms with van der Waals surface area (Å²) in [5, 5.41) is 0.666. The molecule has 0 aromatic heterocycles. The number of anilines is 1. The topological polar surface area (TPSA) is 42.1 Å². The predicted octanol–water partition coefficient (Wildman–Crippen LogP) is 3.62. The summed E-state index contributed by atoms with van der Waals surface area (Å²) in [6.07, 6.45) is 0.0482. The highest BCUT2D eigenvalue weighted by Crippen LogP contribution is 2.26. The number of hydrogen-bond donors (Lipinski definition) is 0. The highest BCUT2D eigenvalue weighted by Gasteiger charge is 2.28. The number of hydrogen-bond acceptors (Lipinski definition) is 4. The zero-order valence-corrected chi connectivity index (χ0v) is 15.2. The molecule has 5 heteroatoms. The van der Waals surface area contributed by atoms with E-state index in [1.54, 1.807) is 0 Å². The van der Waals surface area contributed by atoms with Crippen LogP contribution in [0.4, 0.5) is 5.69 Å². The van der Waals surface area contributed by atoms with E-state index in [1.807, 2.05) is 67.5 Å². The molecule has 0 aliphatic carbocycles. The maximum absolute atomic E-state index is 12.8. The van der Waals surface area contributed by atoms with Gasteiger partial charge in [-0.05, 0) is 17.7 Å². The number of rotatable bonds is 8. The molecule has 4 nitrogen and oxygen atoms in total. The van der Waals surface area contributed by atoms with Crippen LogP contribution in [0, 0.1) is 0 Å². The van der Waals surface area contributed by atoms with Crippen LogP contribution in [-0.2, 0) is 15.9 Å². The SMILES string of the molecule is CN(C)c1ccc(CC(OCC2CO2)C(=O)c2ccccc2)cc1Cl. The highest BCUT2D eigenvalue weighted by molar-refractivity contribution is 6.33. The normalized spacial score (nSPS) is 17.2. The van der Waals surface area contributed by atoms with Crippen LogP contribution < -0.4 is 4.90 Å². The molecule has 0 radical (unpaired) electrons. The maximum Gasteiger partial charge on any atom is 0.191 e. The van der Waals surface area contributed by atoms with Gasteiger partial charge in [0.25, 0.3) is 0 Å². The standard InChI is InChI=1S/C20H22ClNO3/c1-22(2)18-9-8-14(10-17(18)21)11-19(25-13-16-12-24-16)20(23)15-6-4-3-5-7-15/h3-10,16,19H,11-13H2,1-2H3. The van der Waals surface area contributed by atoms with Crippen LogP contribution in [-0.4, -0.2) is 45.3 Å². The Kier molecular flexibility index (Phi) is 5.74. The van der Waals surface area contributed by atoms with Crippen molar-refractivity contribution in [1.82, 2.24) is 0 Å². The van der Waals surface area contributed by atoms with E-state index in [0.29, 0.717) is 30.2 Å². The predicted molar refractivity (Wildman–Crippen MR) is 99.7 cm³/mol. The van der Waals surface area contributed by atoms with Crippen molar-refractivity contribution >= 4 is 23.1 Å². The second-order valence-electron chi connectivity index (χ2n) is 6.39. The van der Waals surface area contributed by atoms with Crippen LogP contribution in [0.15, 0.2) is 48.5 Å². The van der Waals surface area contributed by atoms with E-state index in [4.69, 9.17) is 21.1 Å². The fourth-order valence-corrected chi connectivity index (χ4v) is 3.03. The van der Waals surface area contributed by atoms with Crippen molar-refractivity contribution in [2.45, 2.75) is 18.6 Å². The molecule has 1 fully saturated rings. The van der Waals surface area contributed by atoms with Gasteiger partial charge >= 0.3 is 0 Å². The van der Waals surface area contributed by atoms with Crippen molar-refractivity contribution < 1.29 is 14.3 Å². The number of ether oxygens (including phenoxy) is 2. The van der Waals surface area contributed by atoms with Crippen molar-refractivity contribution in [2.24, 2.45) is 0 Å². The molecule has 0 N–H and O–H groups in total. The molecule has 0 saturated carbocycles. The molecule has 25 heavy (non-hydrogen) atoms. The lowest BCUT2D eigenvalue weighted by Crippen LogP contribution is -2.28. The lowest BCUT2D eigenvalue weighted by Gasteiger charge is -2.19. The van der Waals surface area contributed by atoms with Crippen molar-refractivity contribution in [3.05, 3.63) is 64.7 Å². The highest BCUT2D eigenvalue weighted by atomic mass is 35.5. The molecular weight excluding hydrogens is 338 g/mol. The monoisotopic (exact) mass is 359 g/mol. The van der Waals surface area contributed by atoms with Gasteiger partial charge in [-0.15, -0.1) is 0 Å². The van der Waals surface area contributed by atoms with Crippen molar-refractivity contribution in [3.8, 4) is 0 Å². The molecule has 132 valence electrons. The molecule has 1 aliphatic rings. The molecule has 2 unspecified atom stereocenters. The summed E-state index contributed by atoms with van der Waals surface area (Å²) in [7, 11) is 3.89. The first-order valence-electron chi connectivity index (χ1n) is 8.33. The van der Waals surface area contributed by atoms with Crippen LogP contribution in [0.5, 0.6) is 0 Å². The fourth-order valence-electron chi connectivity index (χ4n) is 2.66. The second kappa shape index (κ2) is 8.00. The van der Waals surface area contributed by atoms with Crippen LogP contribution in [0.3, 0.4) is 0 Å².